The largest absolute Gasteiger partial charge is 0.355 e. The first kappa shape index (κ1) is 23.1. The quantitative estimate of drug-likeness (QED) is 0.565. The summed E-state index contributed by atoms with van der Waals surface area (Å²) in [6, 6.07) is 16.8. The van der Waals surface area contributed by atoms with E-state index >= 15 is 0 Å². The number of nitrogens with one attached hydrogen (secondary N) is 1. The summed E-state index contributed by atoms with van der Waals surface area (Å²) in [7, 11) is 0. The van der Waals surface area contributed by atoms with Gasteiger partial charge in [-0.3, -0.25) is 9.59 Å². The molecule has 1 aromatic heterocycles. The lowest BCUT2D eigenvalue weighted by Crippen LogP contribution is -2.39. The van der Waals surface area contributed by atoms with Gasteiger partial charge < -0.3 is 10.2 Å². The van der Waals surface area contributed by atoms with Crippen LogP contribution in [0.15, 0.2) is 59.4 Å². The van der Waals surface area contributed by atoms with Crippen LogP contribution in [0.4, 0.5) is 11.5 Å². The molecule has 3 aromatic rings. The maximum atomic E-state index is 12.8. The first-order valence-electron chi connectivity index (χ1n) is 11.3. The maximum Gasteiger partial charge on any atom is 0.271 e. The zero-order valence-corrected chi connectivity index (χ0v) is 20.0. The smallest absolute Gasteiger partial charge is 0.271 e. The van der Waals surface area contributed by atoms with Crippen molar-refractivity contribution in [2.24, 2.45) is 5.92 Å². The van der Waals surface area contributed by atoms with E-state index in [0.29, 0.717) is 29.7 Å². The number of aromatic nitrogens is 2. The van der Waals surface area contributed by atoms with E-state index in [1.54, 1.807) is 12.1 Å². The molecule has 7 heteroatoms. The van der Waals surface area contributed by atoms with Crippen molar-refractivity contribution in [3.63, 3.8) is 0 Å². The minimum Gasteiger partial charge on any atom is -0.355 e. The molecule has 0 bridgehead atoms. The Hall–Kier alpha value is -3.12. The number of rotatable bonds is 5. The van der Waals surface area contributed by atoms with Crippen LogP contribution < -0.4 is 15.8 Å². The van der Waals surface area contributed by atoms with Crippen molar-refractivity contribution in [3.8, 4) is 5.69 Å². The molecule has 0 aliphatic carbocycles. The van der Waals surface area contributed by atoms with E-state index in [0.717, 1.165) is 29.9 Å². The third kappa shape index (κ3) is 5.28. The summed E-state index contributed by atoms with van der Waals surface area (Å²) in [5.74, 6) is 1.19. The van der Waals surface area contributed by atoms with E-state index in [1.165, 1.54) is 16.3 Å². The van der Waals surface area contributed by atoms with Gasteiger partial charge in [0.1, 0.15) is 5.82 Å². The molecule has 0 atom stereocenters. The molecule has 2 heterocycles. The summed E-state index contributed by atoms with van der Waals surface area (Å²) in [5, 5.41) is 8.21. The van der Waals surface area contributed by atoms with Gasteiger partial charge in [-0.2, -0.15) is 4.68 Å². The SMILES string of the molecule is Cc1ccc(-n2nc(N3CCC(C(=O)Nc4ccc(C(C)C)cc4)CC3)ccc2=O)cc1Cl. The van der Waals surface area contributed by atoms with Crippen molar-refractivity contribution in [1.82, 2.24) is 9.78 Å². The van der Waals surface area contributed by atoms with Crippen molar-refractivity contribution >= 4 is 29.0 Å². The van der Waals surface area contributed by atoms with Crippen LogP contribution in [0.1, 0.15) is 43.7 Å². The summed E-state index contributed by atoms with van der Waals surface area (Å²) in [5.41, 5.74) is 3.45. The number of aryl methyl sites for hydroxylation is 1. The molecule has 1 N–H and O–H groups in total. The molecule has 4 rings (SSSR count). The Morgan fingerprint density at radius 1 is 1.06 bits per heavy atom. The van der Waals surface area contributed by atoms with Gasteiger partial charge in [0.2, 0.25) is 5.91 Å². The average Bonchev–Trinajstić information content (AvgIpc) is 2.82. The Bertz CT molecular complexity index is 1200. The third-order valence-corrected chi connectivity index (χ3v) is 6.63. The van der Waals surface area contributed by atoms with E-state index in [1.807, 2.05) is 31.2 Å². The number of benzene rings is 2. The molecule has 1 saturated heterocycles. The Balaban J connectivity index is 1.41. The van der Waals surface area contributed by atoms with Crippen LogP contribution in [-0.2, 0) is 4.79 Å². The van der Waals surface area contributed by atoms with Crippen LogP contribution in [0, 0.1) is 12.8 Å². The molecule has 2 aromatic carbocycles. The van der Waals surface area contributed by atoms with Crippen molar-refractivity contribution in [2.45, 2.75) is 39.5 Å². The molecule has 33 heavy (non-hydrogen) atoms. The van der Waals surface area contributed by atoms with E-state index in [-0.39, 0.29) is 17.4 Å². The van der Waals surface area contributed by atoms with E-state index in [9.17, 15) is 9.59 Å². The highest BCUT2D eigenvalue weighted by molar-refractivity contribution is 6.31. The van der Waals surface area contributed by atoms with Gasteiger partial charge in [-0.05, 0) is 67.1 Å². The Morgan fingerprint density at radius 2 is 1.76 bits per heavy atom. The van der Waals surface area contributed by atoms with Crippen molar-refractivity contribution in [3.05, 3.63) is 81.1 Å². The van der Waals surface area contributed by atoms with Gasteiger partial charge in [0.05, 0.1) is 5.69 Å². The van der Waals surface area contributed by atoms with E-state index in [2.05, 4.69) is 41.3 Å². The predicted molar refractivity (Wildman–Crippen MR) is 134 cm³/mol. The lowest BCUT2D eigenvalue weighted by molar-refractivity contribution is -0.120. The molecule has 172 valence electrons. The van der Waals surface area contributed by atoms with E-state index in [4.69, 9.17) is 11.6 Å². The summed E-state index contributed by atoms with van der Waals surface area (Å²) in [6.07, 6.45) is 1.46. The minimum absolute atomic E-state index is 0.0483. The molecule has 1 fully saturated rings. The Morgan fingerprint density at radius 3 is 2.39 bits per heavy atom. The van der Waals surface area contributed by atoms with Crippen LogP contribution in [0.3, 0.4) is 0 Å². The van der Waals surface area contributed by atoms with Crippen LogP contribution >= 0.6 is 11.6 Å². The van der Waals surface area contributed by atoms with Crippen LogP contribution in [0.5, 0.6) is 0 Å². The molecule has 6 nitrogen and oxygen atoms in total. The number of hydrogen-bond acceptors (Lipinski definition) is 4. The van der Waals surface area contributed by atoms with Crippen LogP contribution in [0.2, 0.25) is 5.02 Å². The number of hydrogen-bond donors (Lipinski definition) is 1. The predicted octanol–water partition coefficient (Wildman–Crippen LogP) is 5.17. The molecule has 0 radical (unpaired) electrons. The second-order valence-electron chi connectivity index (χ2n) is 8.90. The lowest BCUT2D eigenvalue weighted by Gasteiger charge is -2.32. The van der Waals surface area contributed by atoms with Gasteiger partial charge >= 0.3 is 0 Å². The zero-order chi connectivity index (χ0) is 23.5. The topological polar surface area (TPSA) is 67.2 Å². The Kier molecular flexibility index (Phi) is 6.84. The normalized spacial score (nSPS) is 14.5. The summed E-state index contributed by atoms with van der Waals surface area (Å²) in [4.78, 5) is 27.3. The van der Waals surface area contributed by atoms with Gasteiger partial charge in [-0.25, -0.2) is 0 Å². The highest BCUT2D eigenvalue weighted by atomic mass is 35.5. The second-order valence-corrected chi connectivity index (χ2v) is 9.31. The zero-order valence-electron chi connectivity index (χ0n) is 19.2. The molecular formula is C26H29ClN4O2. The molecule has 1 aliphatic rings. The standard InChI is InChI=1S/C26H29ClN4O2/c1-17(2)19-5-7-21(8-6-19)28-26(33)20-12-14-30(15-13-20)24-10-11-25(32)31(29-24)22-9-4-18(3)23(27)16-22/h4-11,16-17,20H,12-15H2,1-3H3,(H,28,33). The maximum absolute atomic E-state index is 12.8. The fraction of sp³-hybridized carbons (Fsp3) is 0.346. The third-order valence-electron chi connectivity index (χ3n) is 6.22. The first-order valence-corrected chi connectivity index (χ1v) is 11.7. The number of carbonyl (C=O) groups excluding carboxylic acids is 1. The highest BCUT2D eigenvalue weighted by Gasteiger charge is 2.26. The molecule has 0 saturated carbocycles. The van der Waals surface area contributed by atoms with Crippen molar-refractivity contribution in [1.29, 1.82) is 0 Å². The van der Waals surface area contributed by atoms with Gasteiger partial charge in [0.25, 0.3) is 5.56 Å². The molecular weight excluding hydrogens is 436 g/mol. The summed E-state index contributed by atoms with van der Waals surface area (Å²) < 4.78 is 1.38. The van der Waals surface area contributed by atoms with Gasteiger partial charge in [0.15, 0.2) is 0 Å². The van der Waals surface area contributed by atoms with E-state index < -0.39 is 0 Å². The number of piperidine rings is 1. The second kappa shape index (κ2) is 9.79. The monoisotopic (exact) mass is 464 g/mol. The number of carbonyl (C=O) groups is 1. The number of amides is 1. The minimum atomic E-state index is -0.212. The van der Waals surface area contributed by atoms with Crippen LogP contribution in [0.25, 0.3) is 5.69 Å². The summed E-state index contributed by atoms with van der Waals surface area (Å²) in [6.45, 7) is 7.62. The average molecular weight is 465 g/mol. The first-order chi connectivity index (χ1) is 15.8. The number of nitrogens with zero attached hydrogens (tertiary/aromatic N) is 3. The molecule has 0 spiro atoms. The molecule has 1 aliphatic heterocycles. The van der Waals surface area contributed by atoms with Crippen molar-refractivity contribution < 1.29 is 4.79 Å². The summed E-state index contributed by atoms with van der Waals surface area (Å²) >= 11 is 6.24. The molecule has 1 amide bonds. The number of anilines is 2. The Labute approximate surface area is 199 Å². The van der Waals surface area contributed by atoms with Crippen LogP contribution in [-0.4, -0.2) is 28.8 Å². The van der Waals surface area contributed by atoms with Gasteiger partial charge in [0, 0.05) is 35.8 Å². The number of halogens is 1. The fourth-order valence-corrected chi connectivity index (χ4v) is 4.21. The lowest BCUT2D eigenvalue weighted by atomic mass is 9.95. The van der Waals surface area contributed by atoms with Gasteiger partial charge in [-0.15, -0.1) is 5.10 Å². The van der Waals surface area contributed by atoms with Crippen molar-refractivity contribution in [2.75, 3.05) is 23.3 Å². The fourth-order valence-electron chi connectivity index (χ4n) is 4.04. The van der Waals surface area contributed by atoms with Gasteiger partial charge in [-0.1, -0.05) is 43.6 Å². The highest BCUT2D eigenvalue weighted by Crippen LogP contribution is 2.24. The molecule has 0 unspecified atom stereocenters.